The third kappa shape index (κ3) is 3.79. The molecule has 0 aromatic rings. The highest BCUT2D eigenvalue weighted by molar-refractivity contribution is 7.80. The zero-order chi connectivity index (χ0) is 10.4. The molecule has 0 amide bonds. The van der Waals surface area contributed by atoms with Gasteiger partial charge >= 0.3 is 0 Å². The van der Waals surface area contributed by atoms with Gasteiger partial charge in [-0.25, -0.2) is 0 Å². The maximum Gasteiger partial charge on any atom is 0.0594 e. The molecule has 14 heavy (non-hydrogen) atoms. The Morgan fingerprint density at radius 1 is 1.21 bits per heavy atom. The van der Waals surface area contributed by atoms with Crippen LogP contribution >= 0.6 is 12.6 Å². The fraction of sp³-hybridized carbons (Fsp3) is 1.00. The van der Waals surface area contributed by atoms with E-state index in [0.717, 1.165) is 37.6 Å². The van der Waals surface area contributed by atoms with Gasteiger partial charge in [0.2, 0.25) is 0 Å². The van der Waals surface area contributed by atoms with Crippen molar-refractivity contribution in [3.05, 3.63) is 0 Å². The maximum absolute atomic E-state index is 5.46. The van der Waals surface area contributed by atoms with Gasteiger partial charge in [0.1, 0.15) is 0 Å². The molecule has 1 rings (SSSR count). The molecule has 84 valence electrons. The Hall–Kier alpha value is 0.270. The predicted octanol–water partition coefficient (Wildman–Crippen LogP) is 2.20. The summed E-state index contributed by atoms with van der Waals surface area (Å²) in [6.07, 6.45) is 4.07. The van der Waals surface area contributed by atoms with Crippen molar-refractivity contribution in [3.63, 3.8) is 0 Å². The molecule has 0 saturated carbocycles. The molecule has 1 heterocycles. The third-order valence-corrected chi connectivity index (χ3v) is 3.29. The van der Waals surface area contributed by atoms with E-state index in [1.54, 1.807) is 0 Å². The molecular weight excluding hydrogens is 194 g/mol. The van der Waals surface area contributed by atoms with Crippen molar-refractivity contribution in [2.75, 3.05) is 25.5 Å². The molecule has 0 aliphatic carbocycles. The zero-order valence-corrected chi connectivity index (χ0v) is 10.3. The third-order valence-electron chi connectivity index (χ3n) is 3.11. The van der Waals surface area contributed by atoms with Crippen molar-refractivity contribution in [2.45, 2.75) is 45.2 Å². The van der Waals surface area contributed by atoms with E-state index in [4.69, 9.17) is 4.74 Å². The average molecular weight is 217 g/mol. The average Bonchev–Trinajstić information content (AvgIpc) is 2.16. The van der Waals surface area contributed by atoms with Crippen LogP contribution in [0, 0.1) is 0 Å². The number of nitrogens with zero attached hydrogens (tertiary/aromatic N) is 1. The summed E-state index contributed by atoms with van der Waals surface area (Å²) in [6, 6.07) is 1.47. The van der Waals surface area contributed by atoms with E-state index in [-0.39, 0.29) is 0 Å². The van der Waals surface area contributed by atoms with Crippen LogP contribution in [0.3, 0.4) is 0 Å². The highest BCUT2D eigenvalue weighted by Crippen LogP contribution is 2.21. The van der Waals surface area contributed by atoms with Gasteiger partial charge in [-0.3, -0.25) is 4.90 Å². The molecule has 2 unspecified atom stereocenters. The van der Waals surface area contributed by atoms with Crippen molar-refractivity contribution in [2.24, 2.45) is 0 Å². The van der Waals surface area contributed by atoms with Gasteiger partial charge in [0.05, 0.1) is 13.2 Å². The monoisotopic (exact) mass is 217 g/mol. The number of hydrogen-bond donors (Lipinski definition) is 1. The summed E-state index contributed by atoms with van der Waals surface area (Å²) in [7, 11) is 0. The van der Waals surface area contributed by atoms with E-state index in [0.29, 0.717) is 0 Å². The fourth-order valence-electron chi connectivity index (χ4n) is 2.25. The number of rotatable bonds is 5. The first kappa shape index (κ1) is 12.3. The number of thiol groups is 1. The van der Waals surface area contributed by atoms with Gasteiger partial charge < -0.3 is 4.74 Å². The molecule has 1 fully saturated rings. The molecule has 2 atom stereocenters. The lowest BCUT2D eigenvalue weighted by Gasteiger charge is -2.38. The van der Waals surface area contributed by atoms with Gasteiger partial charge in [-0.1, -0.05) is 6.42 Å². The smallest absolute Gasteiger partial charge is 0.0594 e. The Bertz CT molecular complexity index is 144. The lowest BCUT2D eigenvalue weighted by Crippen LogP contribution is -2.45. The highest BCUT2D eigenvalue weighted by atomic mass is 32.1. The molecule has 0 N–H and O–H groups in total. The normalized spacial score (nSPS) is 29.4. The standard InChI is InChI=1S/C11H23NOS/c1-10-4-3-5-11(2)12(10)6-7-13-8-9-14/h10-11,14H,3-9H2,1-2H3. The molecule has 0 radical (unpaired) electrons. The van der Waals surface area contributed by atoms with Gasteiger partial charge in [0, 0.05) is 24.4 Å². The van der Waals surface area contributed by atoms with Crippen LogP contribution in [-0.4, -0.2) is 42.5 Å². The van der Waals surface area contributed by atoms with Gasteiger partial charge in [-0.05, 0) is 26.7 Å². The molecule has 1 aliphatic heterocycles. The van der Waals surface area contributed by atoms with Crippen molar-refractivity contribution in [3.8, 4) is 0 Å². The molecule has 1 saturated heterocycles. The molecule has 0 aromatic carbocycles. The first-order chi connectivity index (χ1) is 6.75. The summed E-state index contributed by atoms with van der Waals surface area (Å²) < 4.78 is 5.46. The number of ether oxygens (including phenoxy) is 1. The first-order valence-electron chi connectivity index (χ1n) is 5.70. The van der Waals surface area contributed by atoms with Gasteiger partial charge in [-0.2, -0.15) is 12.6 Å². The van der Waals surface area contributed by atoms with E-state index >= 15 is 0 Å². The number of piperidine rings is 1. The van der Waals surface area contributed by atoms with Crippen molar-refractivity contribution >= 4 is 12.6 Å². The quantitative estimate of drug-likeness (QED) is 0.560. The molecule has 0 spiro atoms. The molecular formula is C11H23NOS. The van der Waals surface area contributed by atoms with Crippen LogP contribution in [-0.2, 0) is 4.74 Å². The van der Waals surface area contributed by atoms with Gasteiger partial charge in [0.15, 0.2) is 0 Å². The topological polar surface area (TPSA) is 12.5 Å². The van der Waals surface area contributed by atoms with Crippen molar-refractivity contribution in [1.29, 1.82) is 0 Å². The van der Waals surface area contributed by atoms with Crippen LogP contribution in [0.25, 0.3) is 0 Å². The molecule has 0 bridgehead atoms. The highest BCUT2D eigenvalue weighted by Gasteiger charge is 2.23. The van der Waals surface area contributed by atoms with Gasteiger partial charge in [-0.15, -0.1) is 0 Å². The summed E-state index contributed by atoms with van der Waals surface area (Å²) >= 11 is 4.12. The van der Waals surface area contributed by atoms with E-state index in [2.05, 4.69) is 31.4 Å². The second kappa shape index (κ2) is 6.70. The first-order valence-corrected chi connectivity index (χ1v) is 6.33. The van der Waals surface area contributed by atoms with Crippen LogP contribution in [0.5, 0.6) is 0 Å². The predicted molar refractivity (Wildman–Crippen MR) is 64.2 cm³/mol. The van der Waals surface area contributed by atoms with Crippen LogP contribution in [0.15, 0.2) is 0 Å². The van der Waals surface area contributed by atoms with E-state index in [1.807, 2.05) is 0 Å². The van der Waals surface area contributed by atoms with Crippen LogP contribution in [0.4, 0.5) is 0 Å². The molecule has 0 aromatic heterocycles. The molecule has 2 nitrogen and oxygen atoms in total. The summed E-state index contributed by atoms with van der Waals surface area (Å²) in [5.74, 6) is 0.825. The number of hydrogen-bond acceptors (Lipinski definition) is 3. The Balaban J connectivity index is 2.19. The van der Waals surface area contributed by atoms with Crippen molar-refractivity contribution in [1.82, 2.24) is 4.90 Å². The molecule has 1 aliphatic rings. The minimum atomic E-state index is 0.735. The molecule has 3 heteroatoms. The SMILES string of the molecule is CC1CCCC(C)N1CCOCCS. The summed E-state index contributed by atoms with van der Waals surface area (Å²) in [4.78, 5) is 2.57. The van der Waals surface area contributed by atoms with E-state index < -0.39 is 0 Å². The summed E-state index contributed by atoms with van der Waals surface area (Å²) in [6.45, 7) is 7.37. The lowest BCUT2D eigenvalue weighted by molar-refractivity contribution is 0.0545. The Morgan fingerprint density at radius 2 is 1.86 bits per heavy atom. The van der Waals surface area contributed by atoms with Crippen molar-refractivity contribution < 1.29 is 4.74 Å². The largest absolute Gasteiger partial charge is 0.379 e. The Labute approximate surface area is 93.4 Å². The summed E-state index contributed by atoms with van der Waals surface area (Å²) in [5, 5.41) is 0. The lowest BCUT2D eigenvalue weighted by atomic mass is 9.98. The second-order valence-corrected chi connectivity index (χ2v) is 4.65. The Morgan fingerprint density at radius 3 is 2.43 bits per heavy atom. The van der Waals surface area contributed by atoms with Gasteiger partial charge in [0.25, 0.3) is 0 Å². The minimum Gasteiger partial charge on any atom is -0.379 e. The minimum absolute atomic E-state index is 0.735. The second-order valence-electron chi connectivity index (χ2n) is 4.20. The zero-order valence-electron chi connectivity index (χ0n) is 9.41. The van der Waals surface area contributed by atoms with Crippen LogP contribution < -0.4 is 0 Å². The fourth-order valence-corrected chi connectivity index (χ4v) is 2.38. The van der Waals surface area contributed by atoms with Crippen LogP contribution in [0.2, 0.25) is 0 Å². The Kier molecular flexibility index (Phi) is 5.90. The summed E-state index contributed by atoms with van der Waals surface area (Å²) in [5.41, 5.74) is 0. The van der Waals surface area contributed by atoms with Crippen LogP contribution in [0.1, 0.15) is 33.1 Å². The maximum atomic E-state index is 5.46. The van der Waals surface area contributed by atoms with E-state index in [9.17, 15) is 0 Å². The number of likely N-dealkylation sites (tertiary alicyclic amines) is 1. The van der Waals surface area contributed by atoms with E-state index in [1.165, 1.54) is 19.3 Å².